The highest BCUT2D eigenvalue weighted by Gasteiger charge is 2.55. The Labute approximate surface area is 145 Å². The predicted octanol–water partition coefficient (Wildman–Crippen LogP) is 3.25. The summed E-state index contributed by atoms with van der Waals surface area (Å²) in [5.41, 5.74) is 4.04. The van der Waals surface area contributed by atoms with Gasteiger partial charge >= 0.3 is 0 Å². The minimum absolute atomic E-state index is 0.0729. The molecule has 24 heavy (non-hydrogen) atoms. The molecule has 4 rings (SSSR count). The summed E-state index contributed by atoms with van der Waals surface area (Å²) < 4.78 is 0. The molecule has 0 aromatic heterocycles. The highest BCUT2D eigenvalue weighted by Crippen LogP contribution is 2.54. The molecule has 1 N–H and O–H groups in total. The van der Waals surface area contributed by atoms with Crippen molar-refractivity contribution in [1.82, 2.24) is 4.90 Å². The zero-order valence-electron chi connectivity index (χ0n) is 15.1. The van der Waals surface area contributed by atoms with Crippen molar-refractivity contribution in [2.45, 2.75) is 58.5 Å². The van der Waals surface area contributed by atoms with Crippen LogP contribution in [0.25, 0.3) is 0 Å². The summed E-state index contributed by atoms with van der Waals surface area (Å²) >= 11 is 0. The molecule has 3 aliphatic rings. The third-order valence-electron chi connectivity index (χ3n) is 6.62. The molecule has 1 saturated heterocycles. The standard InChI is InChI=1S/C21H29NO2/c1-14-4-5-16(6-15(14)2)7-17-8-21(9-17)12-22(13-21)19(23)18-10-20(3,24)11-18/h4-6,17-18,24H,7-13H2,1-3H3/t18-,20+. The van der Waals surface area contributed by atoms with Crippen molar-refractivity contribution < 1.29 is 9.90 Å². The lowest BCUT2D eigenvalue weighted by Crippen LogP contribution is -2.66. The predicted molar refractivity (Wildman–Crippen MR) is 94.7 cm³/mol. The highest BCUT2D eigenvalue weighted by atomic mass is 16.3. The monoisotopic (exact) mass is 327 g/mol. The molecule has 3 nitrogen and oxygen atoms in total. The Hall–Kier alpha value is -1.35. The molecule has 0 bridgehead atoms. The van der Waals surface area contributed by atoms with E-state index in [-0.39, 0.29) is 11.8 Å². The number of carbonyl (C=O) groups is 1. The summed E-state index contributed by atoms with van der Waals surface area (Å²) in [7, 11) is 0. The number of amides is 1. The topological polar surface area (TPSA) is 40.5 Å². The summed E-state index contributed by atoms with van der Waals surface area (Å²) in [5.74, 6) is 1.14. The summed E-state index contributed by atoms with van der Waals surface area (Å²) in [4.78, 5) is 14.4. The zero-order chi connectivity index (χ0) is 17.1. The number of hydrogen-bond acceptors (Lipinski definition) is 2. The molecular formula is C21H29NO2. The van der Waals surface area contributed by atoms with Crippen LogP contribution in [0.5, 0.6) is 0 Å². The molecule has 1 amide bonds. The van der Waals surface area contributed by atoms with Crippen LogP contribution < -0.4 is 0 Å². The van der Waals surface area contributed by atoms with Crippen molar-refractivity contribution in [3.8, 4) is 0 Å². The van der Waals surface area contributed by atoms with Crippen LogP contribution >= 0.6 is 0 Å². The summed E-state index contributed by atoms with van der Waals surface area (Å²) in [6.07, 6.45) is 5.01. The van der Waals surface area contributed by atoms with E-state index < -0.39 is 5.60 Å². The van der Waals surface area contributed by atoms with Crippen molar-refractivity contribution in [2.75, 3.05) is 13.1 Å². The lowest BCUT2D eigenvalue weighted by atomic mass is 9.56. The van der Waals surface area contributed by atoms with Crippen molar-refractivity contribution in [1.29, 1.82) is 0 Å². The summed E-state index contributed by atoms with van der Waals surface area (Å²) in [5, 5.41) is 9.81. The Morgan fingerprint density at radius 2 is 1.83 bits per heavy atom. The summed E-state index contributed by atoms with van der Waals surface area (Å²) in [6.45, 7) is 8.09. The molecule has 3 heteroatoms. The SMILES string of the molecule is Cc1ccc(CC2CC3(C2)CN(C(=O)[C@H]2C[C@@](C)(O)C2)C3)cc1C. The maximum Gasteiger partial charge on any atom is 0.225 e. The van der Waals surface area contributed by atoms with E-state index >= 15 is 0 Å². The van der Waals surface area contributed by atoms with E-state index in [9.17, 15) is 9.90 Å². The van der Waals surface area contributed by atoms with Crippen LogP contribution in [-0.2, 0) is 11.2 Å². The lowest BCUT2D eigenvalue weighted by Gasteiger charge is -2.60. The lowest BCUT2D eigenvalue weighted by molar-refractivity contribution is -0.171. The molecule has 1 spiro atoms. The maximum atomic E-state index is 12.4. The number of aliphatic hydroxyl groups is 1. The van der Waals surface area contributed by atoms with Gasteiger partial charge in [0.1, 0.15) is 0 Å². The number of nitrogens with zero attached hydrogens (tertiary/aromatic N) is 1. The van der Waals surface area contributed by atoms with E-state index in [0.29, 0.717) is 18.3 Å². The van der Waals surface area contributed by atoms with Gasteiger partial charge in [0, 0.05) is 24.4 Å². The zero-order valence-corrected chi connectivity index (χ0v) is 15.1. The largest absolute Gasteiger partial charge is 0.390 e. The Morgan fingerprint density at radius 3 is 2.42 bits per heavy atom. The van der Waals surface area contributed by atoms with Crippen LogP contribution in [0.15, 0.2) is 18.2 Å². The van der Waals surface area contributed by atoms with Gasteiger partial charge in [-0.1, -0.05) is 18.2 Å². The second kappa shape index (κ2) is 5.32. The first-order valence-electron chi connectivity index (χ1n) is 9.33. The van der Waals surface area contributed by atoms with E-state index in [1.807, 2.05) is 11.8 Å². The third kappa shape index (κ3) is 2.77. The number of likely N-dealkylation sites (tertiary alicyclic amines) is 1. The van der Waals surface area contributed by atoms with Crippen LogP contribution in [0.1, 0.15) is 49.3 Å². The summed E-state index contributed by atoms with van der Waals surface area (Å²) in [6, 6.07) is 6.84. The quantitative estimate of drug-likeness (QED) is 0.926. The Balaban J connectivity index is 1.24. The average Bonchev–Trinajstić information content (AvgIpc) is 2.40. The van der Waals surface area contributed by atoms with Crippen LogP contribution in [0, 0.1) is 31.1 Å². The van der Waals surface area contributed by atoms with Crippen LogP contribution in [0.4, 0.5) is 0 Å². The Morgan fingerprint density at radius 1 is 1.17 bits per heavy atom. The molecule has 1 aromatic carbocycles. The number of hydrogen-bond donors (Lipinski definition) is 1. The molecule has 130 valence electrons. The molecular weight excluding hydrogens is 298 g/mol. The van der Waals surface area contributed by atoms with Crippen molar-refractivity contribution in [3.63, 3.8) is 0 Å². The van der Waals surface area contributed by atoms with E-state index in [4.69, 9.17) is 0 Å². The number of rotatable bonds is 3. The molecule has 0 unspecified atom stereocenters. The fraction of sp³-hybridized carbons (Fsp3) is 0.667. The molecule has 0 radical (unpaired) electrons. The van der Waals surface area contributed by atoms with E-state index in [1.165, 1.54) is 36.0 Å². The maximum absolute atomic E-state index is 12.4. The number of carbonyl (C=O) groups excluding carboxylic acids is 1. The fourth-order valence-corrected chi connectivity index (χ4v) is 5.19. The molecule has 3 fully saturated rings. The first-order chi connectivity index (χ1) is 11.3. The van der Waals surface area contributed by atoms with Crippen LogP contribution in [0.3, 0.4) is 0 Å². The van der Waals surface area contributed by atoms with Gasteiger partial charge in [-0.05, 0) is 75.5 Å². The molecule has 2 aliphatic carbocycles. The van der Waals surface area contributed by atoms with Gasteiger partial charge in [0.15, 0.2) is 0 Å². The van der Waals surface area contributed by atoms with E-state index in [2.05, 4.69) is 32.0 Å². The fourth-order valence-electron chi connectivity index (χ4n) is 5.19. The van der Waals surface area contributed by atoms with Gasteiger partial charge < -0.3 is 10.0 Å². The van der Waals surface area contributed by atoms with Gasteiger partial charge in [0.05, 0.1) is 5.60 Å². The first-order valence-corrected chi connectivity index (χ1v) is 9.33. The molecule has 1 aromatic rings. The third-order valence-corrected chi connectivity index (χ3v) is 6.62. The van der Waals surface area contributed by atoms with Gasteiger partial charge in [-0.25, -0.2) is 0 Å². The van der Waals surface area contributed by atoms with Gasteiger partial charge in [-0.3, -0.25) is 4.79 Å². The number of benzene rings is 1. The van der Waals surface area contributed by atoms with Crippen molar-refractivity contribution in [2.24, 2.45) is 17.3 Å². The van der Waals surface area contributed by atoms with Crippen molar-refractivity contribution >= 4 is 5.91 Å². The van der Waals surface area contributed by atoms with Gasteiger partial charge in [0.25, 0.3) is 0 Å². The van der Waals surface area contributed by atoms with Gasteiger partial charge in [0.2, 0.25) is 5.91 Å². The normalized spacial score (nSPS) is 31.3. The molecule has 1 heterocycles. The second-order valence-corrected chi connectivity index (χ2v) is 9.19. The molecule has 2 saturated carbocycles. The highest BCUT2D eigenvalue weighted by molar-refractivity contribution is 5.81. The second-order valence-electron chi connectivity index (χ2n) is 9.19. The first kappa shape index (κ1) is 16.1. The van der Waals surface area contributed by atoms with Crippen LogP contribution in [0.2, 0.25) is 0 Å². The minimum atomic E-state index is -0.601. The van der Waals surface area contributed by atoms with Crippen LogP contribution in [-0.4, -0.2) is 34.6 Å². The minimum Gasteiger partial charge on any atom is -0.390 e. The molecule has 1 aliphatic heterocycles. The Kier molecular flexibility index (Phi) is 3.58. The van der Waals surface area contributed by atoms with Gasteiger partial charge in [-0.15, -0.1) is 0 Å². The smallest absolute Gasteiger partial charge is 0.225 e. The van der Waals surface area contributed by atoms with E-state index in [0.717, 1.165) is 19.0 Å². The van der Waals surface area contributed by atoms with E-state index in [1.54, 1.807) is 0 Å². The Bertz CT molecular complexity index is 656. The average molecular weight is 327 g/mol. The molecule has 0 atom stereocenters. The number of aryl methyl sites for hydroxylation is 2. The van der Waals surface area contributed by atoms with Crippen molar-refractivity contribution in [3.05, 3.63) is 34.9 Å². The van der Waals surface area contributed by atoms with Gasteiger partial charge in [-0.2, -0.15) is 0 Å².